The molecule has 2 aliphatic rings. The van der Waals surface area contributed by atoms with E-state index in [-0.39, 0.29) is 23.7 Å². The minimum absolute atomic E-state index is 0.0927. The zero-order valence-corrected chi connectivity index (χ0v) is 22.0. The van der Waals surface area contributed by atoms with E-state index in [1.165, 1.54) is 17.4 Å². The van der Waals surface area contributed by atoms with E-state index >= 15 is 0 Å². The summed E-state index contributed by atoms with van der Waals surface area (Å²) in [6, 6.07) is 9.06. The Balaban J connectivity index is 1.44. The highest BCUT2D eigenvalue weighted by Crippen LogP contribution is 2.40. The number of carbonyl (C=O) groups is 2. The molecule has 0 radical (unpaired) electrons. The molecule has 0 unspecified atom stereocenters. The molecular formula is C28H33FN4O3S. The van der Waals surface area contributed by atoms with Crippen molar-refractivity contribution in [3.05, 3.63) is 52.6 Å². The summed E-state index contributed by atoms with van der Waals surface area (Å²) in [5, 5.41) is 7.17. The topological polar surface area (TPSA) is 97.5 Å². The lowest BCUT2D eigenvalue weighted by Crippen LogP contribution is -2.59. The standard InChI is InChI=1S/C28H33FN4O3S/c1-17(30)25(34)32-24(28(2)11-14-36-15-12-28)27(35)33-13-5-10-23(33)26-31-22(16-37-26)20-8-3-7-19-18(20)6-4-9-21(19)29/h3-4,6-9,16-17,23-24H,5,10-15,30H2,1-2H3,(H,32,34)/t17-,23-,24+/m0/s1. The Morgan fingerprint density at radius 3 is 2.70 bits per heavy atom. The highest BCUT2D eigenvalue weighted by molar-refractivity contribution is 7.10. The van der Waals surface area contributed by atoms with Crippen molar-refractivity contribution in [2.45, 2.75) is 57.7 Å². The van der Waals surface area contributed by atoms with Gasteiger partial charge >= 0.3 is 0 Å². The van der Waals surface area contributed by atoms with Gasteiger partial charge in [-0.25, -0.2) is 9.37 Å². The number of nitrogens with two attached hydrogens (primary N) is 1. The zero-order valence-electron chi connectivity index (χ0n) is 21.2. The molecule has 1 aromatic heterocycles. The molecule has 2 aliphatic heterocycles. The third kappa shape index (κ3) is 5.00. The monoisotopic (exact) mass is 524 g/mol. The molecule has 0 spiro atoms. The number of carbonyl (C=O) groups excluding carboxylic acids is 2. The molecule has 5 rings (SSSR count). The molecule has 2 fully saturated rings. The molecule has 9 heteroatoms. The van der Waals surface area contributed by atoms with Gasteiger partial charge in [-0.1, -0.05) is 37.3 Å². The number of fused-ring (bicyclic) bond motifs is 1. The molecule has 2 amide bonds. The second kappa shape index (κ2) is 10.5. The Labute approximate surface area is 220 Å². The number of aromatic nitrogens is 1. The largest absolute Gasteiger partial charge is 0.381 e. The molecule has 7 nitrogen and oxygen atoms in total. The summed E-state index contributed by atoms with van der Waals surface area (Å²) in [4.78, 5) is 33.5. The average Bonchev–Trinajstić information content (AvgIpc) is 3.57. The quantitative estimate of drug-likeness (QED) is 0.498. The lowest BCUT2D eigenvalue weighted by atomic mass is 9.74. The maximum Gasteiger partial charge on any atom is 0.246 e. The number of likely N-dealkylation sites (tertiary alicyclic amines) is 1. The predicted molar refractivity (Wildman–Crippen MR) is 142 cm³/mol. The van der Waals surface area contributed by atoms with Crippen LogP contribution in [-0.4, -0.2) is 53.5 Å². The number of hydrogen-bond acceptors (Lipinski definition) is 6. The van der Waals surface area contributed by atoms with E-state index in [0.717, 1.165) is 34.5 Å². The third-order valence-electron chi connectivity index (χ3n) is 7.77. The molecule has 196 valence electrons. The predicted octanol–water partition coefficient (Wildman–Crippen LogP) is 4.41. The molecule has 3 atom stereocenters. The Hall–Kier alpha value is -2.88. The average molecular weight is 525 g/mol. The van der Waals surface area contributed by atoms with Crippen LogP contribution >= 0.6 is 11.3 Å². The van der Waals surface area contributed by atoms with Crippen LogP contribution in [-0.2, 0) is 14.3 Å². The van der Waals surface area contributed by atoms with E-state index in [1.54, 1.807) is 19.1 Å². The molecule has 0 saturated carbocycles. The number of thiazole rings is 1. The Morgan fingerprint density at radius 1 is 1.22 bits per heavy atom. The van der Waals surface area contributed by atoms with Crippen molar-refractivity contribution >= 4 is 33.9 Å². The van der Waals surface area contributed by atoms with Crippen molar-refractivity contribution < 1.29 is 18.7 Å². The van der Waals surface area contributed by atoms with Crippen molar-refractivity contribution in [1.29, 1.82) is 0 Å². The van der Waals surface area contributed by atoms with Gasteiger partial charge in [-0.2, -0.15) is 0 Å². The van der Waals surface area contributed by atoms with Crippen molar-refractivity contribution in [1.82, 2.24) is 15.2 Å². The zero-order chi connectivity index (χ0) is 26.2. The summed E-state index contributed by atoms with van der Waals surface area (Å²) in [6.45, 7) is 5.39. The Kier molecular flexibility index (Phi) is 7.29. The number of benzene rings is 2. The van der Waals surface area contributed by atoms with Crippen LogP contribution in [0.4, 0.5) is 4.39 Å². The lowest BCUT2D eigenvalue weighted by molar-refractivity contribution is -0.143. The Bertz CT molecular complexity index is 1300. The number of amides is 2. The fourth-order valence-corrected chi connectivity index (χ4v) is 6.41. The Morgan fingerprint density at radius 2 is 1.95 bits per heavy atom. The maximum atomic E-state index is 14.4. The third-order valence-corrected chi connectivity index (χ3v) is 8.71. The number of nitrogens with zero attached hydrogens (tertiary/aromatic N) is 2. The van der Waals surface area contributed by atoms with Crippen molar-refractivity contribution in [3.63, 3.8) is 0 Å². The highest BCUT2D eigenvalue weighted by atomic mass is 32.1. The van der Waals surface area contributed by atoms with E-state index in [0.29, 0.717) is 38.0 Å². The van der Waals surface area contributed by atoms with Crippen LogP contribution in [0, 0.1) is 11.2 Å². The maximum absolute atomic E-state index is 14.4. The number of ether oxygens (including phenoxy) is 1. The van der Waals surface area contributed by atoms with Crippen molar-refractivity contribution in [2.24, 2.45) is 11.1 Å². The van der Waals surface area contributed by atoms with Crippen LogP contribution in [0.2, 0.25) is 0 Å². The molecule has 0 aliphatic carbocycles. The van der Waals surface area contributed by atoms with Gasteiger partial charge in [-0.3, -0.25) is 9.59 Å². The number of hydrogen-bond donors (Lipinski definition) is 2. The first-order chi connectivity index (χ1) is 17.8. The van der Waals surface area contributed by atoms with Gasteiger partial charge in [0, 0.05) is 41.5 Å². The first-order valence-corrected chi connectivity index (χ1v) is 13.7. The highest BCUT2D eigenvalue weighted by Gasteiger charge is 2.46. The van der Waals surface area contributed by atoms with Gasteiger partial charge in [0.1, 0.15) is 16.9 Å². The molecule has 37 heavy (non-hydrogen) atoms. The molecule has 2 saturated heterocycles. The van der Waals surface area contributed by atoms with Gasteiger partial charge in [0.05, 0.1) is 17.8 Å². The van der Waals surface area contributed by atoms with E-state index < -0.39 is 17.5 Å². The first-order valence-electron chi connectivity index (χ1n) is 12.9. The molecule has 0 bridgehead atoms. The summed E-state index contributed by atoms with van der Waals surface area (Å²) in [5.41, 5.74) is 7.06. The molecule has 2 aromatic carbocycles. The van der Waals surface area contributed by atoms with Gasteiger partial charge in [0.2, 0.25) is 11.8 Å². The van der Waals surface area contributed by atoms with Crippen LogP contribution in [0.25, 0.3) is 22.0 Å². The molecule has 3 heterocycles. The first kappa shape index (κ1) is 25.8. The summed E-state index contributed by atoms with van der Waals surface area (Å²) < 4.78 is 19.9. The van der Waals surface area contributed by atoms with Gasteiger partial charge in [-0.15, -0.1) is 11.3 Å². The SMILES string of the molecule is C[C@H](N)C(=O)N[C@H](C(=O)N1CCC[C@H]1c1nc(-c2cccc3c(F)cccc23)cs1)C1(C)CCOCC1. The smallest absolute Gasteiger partial charge is 0.246 e. The van der Waals surface area contributed by atoms with Gasteiger partial charge in [0.25, 0.3) is 0 Å². The van der Waals surface area contributed by atoms with Crippen molar-refractivity contribution in [2.75, 3.05) is 19.8 Å². The van der Waals surface area contributed by atoms with E-state index in [4.69, 9.17) is 15.5 Å². The summed E-state index contributed by atoms with van der Waals surface area (Å²) in [5.74, 6) is -0.685. The minimum atomic E-state index is -0.708. The van der Waals surface area contributed by atoms with E-state index in [1.807, 2.05) is 35.4 Å². The van der Waals surface area contributed by atoms with Crippen LogP contribution < -0.4 is 11.1 Å². The van der Waals surface area contributed by atoms with E-state index in [2.05, 4.69) is 5.32 Å². The number of halogens is 1. The number of nitrogens with one attached hydrogen (secondary N) is 1. The second-order valence-electron chi connectivity index (χ2n) is 10.4. The fourth-order valence-electron chi connectivity index (χ4n) is 5.45. The van der Waals surface area contributed by atoms with Gasteiger partial charge in [0.15, 0.2) is 0 Å². The molecule has 3 aromatic rings. The fraction of sp³-hybridized carbons (Fsp3) is 0.464. The summed E-state index contributed by atoms with van der Waals surface area (Å²) in [6.07, 6.45) is 3.02. The van der Waals surface area contributed by atoms with Crippen LogP contribution in [0.5, 0.6) is 0 Å². The van der Waals surface area contributed by atoms with Gasteiger partial charge < -0.3 is 20.7 Å². The minimum Gasteiger partial charge on any atom is -0.381 e. The summed E-state index contributed by atoms with van der Waals surface area (Å²) in [7, 11) is 0. The molecule has 3 N–H and O–H groups in total. The second-order valence-corrected chi connectivity index (χ2v) is 11.3. The van der Waals surface area contributed by atoms with Crippen LogP contribution in [0.3, 0.4) is 0 Å². The normalized spacial score (nSPS) is 21.1. The number of rotatable bonds is 6. The molecular weight excluding hydrogens is 491 g/mol. The van der Waals surface area contributed by atoms with Crippen molar-refractivity contribution in [3.8, 4) is 11.3 Å². The van der Waals surface area contributed by atoms with Gasteiger partial charge in [-0.05, 0) is 44.1 Å². The summed E-state index contributed by atoms with van der Waals surface area (Å²) >= 11 is 1.51. The van der Waals surface area contributed by atoms with Crippen LogP contribution in [0.1, 0.15) is 50.6 Å². The lowest BCUT2D eigenvalue weighted by Gasteiger charge is -2.42. The van der Waals surface area contributed by atoms with Crippen LogP contribution in [0.15, 0.2) is 41.8 Å². The van der Waals surface area contributed by atoms with E-state index in [9.17, 15) is 14.0 Å².